The number of nitrogens with one attached hydrogen (secondary N) is 1. The molecule has 0 fully saturated rings. The van der Waals surface area contributed by atoms with Crippen LogP contribution in [0.4, 0.5) is 10.5 Å². The summed E-state index contributed by atoms with van der Waals surface area (Å²) in [5.74, 6) is -0.855. The Bertz CT molecular complexity index is 434. The van der Waals surface area contributed by atoms with Crippen LogP contribution in [0.25, 0.3) is 0 Å². The minimum absolute atomic E-state index is 0.0591. The van der Waals surface area contributed by atoms with E-state index in [9.17, 15) is 9.59 Å². The largest absolute Gasteiger partial charge is 0.481 e. The lowest BCUT2D eigenvalue weighted by Crippen LogP contribution is -2.32. The van der Waals surface area contributed by atoms with Gasteiger partial charge in [-0.15, -0.1) is 0 Å². The van der Waals surface area contributed by atoms with Gasteiger partial charge >= 0.3 is 12.0 Å². The summed E-state index contributed by atoms with van der Waals surface area (Å²) in [4.78, 5) is 27.7. The number of aromatic nitrogens is 1. The maximum absolute atomic E-state index is 11.8. The first-order valence-electron chi connectivity index (χ1n) is 5.66. The highest BCUT2D eigenvalue weighted by Gasteiger charge is 2.10. The molecule has 0 saturated carbocycles. The van der Waals surface area contributed by atoms with E-state index in [-0.39, 0.29) is 12.5 Å². The standard InChI is InChI=1S/C12H17N3O3/c1-9-10(5-3-7-13-9)14-12(18)15(2)8-4-6-11(16)17/h3,5,7H,4,6,8H2,1-2H3,(H,14,18)(H,16,17). The molecule has 0 bridgehead atoms. The number of aliphatic carboxylic acids is 1. The van der Waals surface area contributed by atoms with Crippen LogP contribution >= 0.6 is 0 Å². The molecule has 1 aromatic heterocycles. The van der Waals surface area contributed by atoms with Crippen LogP contribution in [0.1, 0.15) is 18.5 Å². The number of hydrogen-bond donors (Lipinski definition) is 2. The monoisotopic (exact) mass is 251 g/mol. The van der Waals surface area contributed by atoms with Gasteiger partial charge in [0.25, 0.3) is 0 Å². The van der Waals surface area contributed by atoms with Crippen LogP contribution in [0.5, 0.6) is 0 Å². The van der Waals surface area contributed by atoms with E-state index < -0.39 is 5.97 Å². The summed E-state index contributed by atoms with van der Waals surface area (Å²) in [5, 5.41) is 11.2. The van der Waals surface area contributed by atoms with Crippen LogP contribution in [-0.4, -0.2) is 40.6 Å². The van der Waals surface area contributed by atoms with Gasteiger partial charge in [0.15, 0.2) is 0 Å². The Morgan fingerprint density at radius 1 is 1.50 bits per heavy atom. The third-order valence-electron chi connectivity index (χ3n) is 2.48. The average Bonchev–Trinajstić information content (AvgIpc) is 2.31. The molecule has 0 atom stereocenters. The van der Waals surface area contributed by atoms with Crippen molar-refractivity contribution in [2.24, 2.45) is 0 Å². The first-order chi connectivity index (χ1) is 8.50. The maximum atomic E-state index is 11.8. The number of amides is 2. The third kappa shape index (κ3) is 4.40. The predicted octanol–water partition coefficient (Wildman–Crippen LogP) is 1.72. The summed E-state index contributed by atoms with van der Waals surface area (Å²) < 4.78 is 0. The molecule has 0 aliphatic heterocycles. The van der Waals surface area contributed by atoms with Gasteiger partial charge in [-0.1, -0.05) is 0 Å². The van der Waals surface area contributed by atoms with Crippen molar-refractivity contribution in [2.75, 3.05) is 18.9 Å². The van der Waals surface area contributed by atoms with E-state index in [4.69, 9.17) is 5.11 Å². The number of carbonyl (C=O) groups is 2. The van der Waals surface area contributed by atoms with Crippen molar-refractivity contribution in [1.82, 2.24) is 9.88 Å². The number of anilines is 1. The lowest BCUT2D eigenvalue weighted by molar-refractivity contribution is -0.137. The van der Waals surface area contributed by atoms with Crippen molar-refractivity contribution >= 4 is 17.7 Å². The number of hydrogen-bond acceptors (Lipinski definition) is 3. The molecule has 1 aromatic rings. The van der Waals surface area contributed by atoms with Gasteiger partial charge in [-0.05, 0) is 25.5 Å². The molecule has 2 N–H and O–H groups in total. The van der Waals surface area contributed by atoms with Gasteiger partial charge in [0.05, 0.1) is 11.4 Å². The summed E-state index contributed by atoms with van der Waals surface area (Å²) >= 11 is 0. The van der Waals surface area contributed by atoms with Gasteiger partial charge in [-0.25, -0.2) is 4.79 Å². The van der Waals surface area contributed by atoms with Gasteiger partial charge in [0.1, 0.15) is 0 Å². The molecule has 6 heteroatoms. The molecule has 0 aliphatic carbocycles. The van der Waals surface area contributed by atoms with Gasteiger partial charge < -0.3 is 15.3 Å². The van der Waals surface area contributed by atoms with Crippen LogP contribution < -0.4 is 5.32 Å². The summed E-state index contributed by atoms with van der Waals surface area (Å²) in [7, 11) is 1.63. The lowest BCUT2D eigenvalue weighted by Gasteiger charge is -2.18. The second-order valence-electron chi connectivity index (χ2n) is 3.99. The molecule has 0 unspecified atom stereocenters. The molecule has 1 heterocycles. The van der Waals surface area contributed by atoms with Crippen molar-refractivity contribution in [2.45, 2.75) is 19.8 Å². The SMILES string of the molecule is Cc1ncccc1NC(=O)N(C)CCCC(=O)O. The second-order valence-corrected chi connectivity index (χ2v) is 3.99. The number of carboxylic acid groups (broad SMARTS) is 1. The highest BCUT2D eigenvalue weighted by atomic mass is 16.4. The first-order valence-corrected chi connectivity index (χ1v) is 5.66. The maximum Gasteiger partial charge on any atom is 0.321 e. The molecule has 0 aromatic carbocycles. The number of pyridine rings is 1. The first kappa shape index (κ1) is 14.0. The minimum atomic E-state index is -0.855. The summed E-state index contributed by atoms with van der Waals surface area (Å²) in [6, 6.07) is 3.25. The number of rotatable bonds is 5. The fourth-order valence-corrected chi connectivity index (χ4v) is 1.40. The van der Waals surface area contributed by atoms with Crippen LogP contribution in [0.15, 0.2) is 18.3 Å². The topological polar surface area (TPSA) is 82.5 Å². The van der Waals surface area contributed by atoms with Crippen LogP contribution in [0.3, 0.4) is 0 Å². The zero-order valence-electron chi connectivity index (χ0n) is 10.5. The number of nitrogens with zero attached hydrogens (tertiary/aromatic N) is 2. The molecule has 0 aliphatic rings. The number of carboxylic acids is 1. The number of urea groups is 1. The van der Waals surface area contributed by atoms with Crippen LogP contribution in [0, 0.1) is 6.92 Å². The van der Waals surface area contributed by atoms with Gasteiger partial charge in [0, 0.05) is 26.2 Å². The second kappa shape index (κ2) is 6.58. The van der Waals surface area contributed by atoms with E-state index in [1.165, 1.54) is 4.90 Å². The third-order valence-corrected chi connectivity index (χ3v) is 2.48. The highest BCUT2D eigenvalue weighted by molar-refractivity contribution is 5.89. The quantitative estimate of drug-likeness (QED) is 0.834. The van der Waals surface area contributed by atoms with E-state index in [0.717, 1.165) is 5.69 Å². The molecule has 1 rings (SSSR count). The Hall–Kier alpha value is -2.11. The normalized spacial score (nSPS) is 9.89. The van der Waals surface area contributed by atoms with Gasteiger partial charge in [0.2, 0.25) is 0 Å². The molecule has 98 valence electrons. The van der Waals surface area contributed by atoms with Crippen molar-refractivity contribution in [3.05, 3.63) is 24.0 Å². The minimum Gasteiger partial charge on any atom is -0.481 e. The van der Waals surface area contributed by atoms with Crippen molar-refractivity contribution in [1.29, 1.82) is 0 Å². The van der Waals surface area contributed by atoms with E-state index >= 15 is 0 Å². The summed E-state index contributed by atoms with van der Waals surface area (Å²) in [5.41, 5.74) is 1.40. The van der Waals surface area contributed by atoms with E-state index in [2.05, 4.69) is 10.3 Å². The lowest BCUT2D eigenvalue weighted by atomic mass is 10.3. The molecule has 0 radical (unpaired) electrons. The zero-order valence-corrected chi connectivity index (χ0v) is 10.5. The molecule has 0 saturated heterocycles. The average molecular weight is 251 g/mol. The van der Waals surface area contributed by atoms with E-state index in [0.29, 0.717) is 18.7 Å². The van der Waals surface area contributed by atoms with Gasteiger partial charge in [-0.3, -0.25) is 9.78 Å². The Kier molecular flexibility index (Phi) is 5.10. The number of aryl methyl sites for hydroxylation is 1. The van der Waals surface area contributed by atoms with Crippen LogP contribution in [0.2, 0.25) is 0 Å². The van der Waals surface area contributed by atoms with Crippen LogP contribution in [-0.2, 0) is 4.79 Å². The predicted molar refractivity (Wildman–Crippen MR) is 67.5 cm³/mol. The highest BCUT2D eigenvalue weighted by Crippen LogP contribution is 2.10. The summed E-state index contributed by atoms with van der Waals surface area (Å²) in [6.45, 7) is 2.21. The zero-order chi connectivity index (χ0) is 13.5. The molecule has 18 heavy (non-hydrogen) atoms. The fourth-order valence-electron chi connectivity index (χ4n) is 1.40. The fraction of sp³-hybridized carbons (Fsp3) is 0.417. The van der Waals surface area contributed by atoms with Crippen molar-refractivity contribution < 1.29 is 14.7 Å². The Morgan fingerprint density at radius 2 is 2.22 bits per heavy atom. The Balaban J connectivity index is 2.45. The Labute approximate surface area is 106 Å². The molecule has 2 amide bonds. The number of carbonyl (C=O) groups excluding carboxylic acids is 1. The molecular weight excluding hydrogens is 234 g/mol. The van der Waals surface area contributed by atoms with E-state index in [1.54, 1.807) is 32.3 Å². The smallest absolute Gasteiger partial charge is 0.321 e. The van der Waals surface area contributed by atoms with Crippen molar-refractivity contribution in [3.63, 3.8) is 0 Å². The Morgan fingerprint density at radius 3 is 2.83 bits per heavy atom. The van der Waals surface area contributed by atoms with Gasteiger partial charge in [-0.2, -0.15) is 0 Å². The van der Waals surface area contributed by atoms with Crippen molar-refractivity contribution in [3.8, 4) is 0 Å². The molecule has 6 nitrogen and oxygen atoms in total. The van der Waals surface area contributed by atoms with E-state index in [1.807, 2.05) is 0 Å². The molecule has 0 spiro atoms. The molecular formula is C12H17N3O3. The summed E-state index contributed by atoms with van der Waals surface area (Å²) in [6.07, 6.45) is 2.15.